The summed E-state index contributed by atoms with van der Waals surface area (Å²) in [5.74, 6) is 0.110. The van der Waals surface area contributed by atoms with Crippen molar-refractivity contribution in [1.29, 1.82) is 5.41 Å². The van der Waals surface area contributed by atoms with Crippen LogP contribution in [0.5, 0.6) is 0 Å². The average molecular weight is 549 g/mol. The van der Waals surface area contributed by atoms with E-state index in [1.165, 1.54) is 12.2 Å². The average Bonchev–Trinajstić information content (AvgIpc) is 2.97. The second-order valence-corrected chi connectivity index (χ2v) is 9.40. The molecule has 0 spiro atoms. The van der Waals surface area contributed by atoms with Crippen LogP contribution in [0.25, 0.3) is 0 Å². The molecule has 3 rings (SSSR count). The van der Waals surface area contributed by atoms with Gasteiger partial charge in [-0.05, 0) is 60.6 Å². The van der Waals surface area contributed by atoms with Gasteiger partial charge in [-0.15, -0.1) is 0 Å². The van der Waals surface area contributed by atoms with Crippen LogP contribution in [0.2, 0.25) is 0 Å². The van der Waals surface area contributed by atoms with Crippen LogP contribution in [-0.4, -0.2) is 23.7 Å². The highest BCUT2D eigenvalue weighted by Gasteiger charge is 2.25. The van der Waals surface area contributed by atoms with Crippen LogP contribution in [-0.2, 0) is 22.7 Å². The lowest BCUT2D eigenvalue weighted by atomic mass is 9.77. The molecular weight excluding hydrogens is 508 g/mol. The lowest BCUT2D eigenvalue weighted by molar-refractivity contribution is 0.142. The molecule has 0 aliphatic heterocycles. The number of nitrogens with one attached hydrogen (secondary N) is 2. The van der Waals surface area contributed by atoms with Gasteiger partial charge in [0.1, 0.15) is 24.9 Å². The summed E-state index contributed by atoms with van der Waals surface area (Å²) in [6, 6.07) is 18.6. The van der Waals surface area contributed by atoms with Crippen molar-refractivity contribution in [3.05, 3.63) is 108 Å². The van der Waals surface area contributed by atoms with E-state index in [4.69, 9.17) is 32.1 Å². The van der Waals surface area contributed by atoms with Gasteiger partial charge in [-0.25, -0.2) is 9.59 Å². The van der Waals surface area contributed by atoms with Gasteiger partial charge in [0.15, 0.2) is 0 Å². The molecule has 0 unspecified atom stereocenters. The number of amides is 2. The van der Waals surface area contributed by atoms with Crippen LogP contribution >= 0.6 is 0 Å². The lowest BCUT2D eigenvalue weighted by Crippen LogP contribution is -2.28. The number of allylic oxidation sites excluding steroid dienone is 4. The predicted molar refractivity (Wildman–Crippen MR) is 159 cm³/mol. The molecule has 0 radical (unpaired) electrons. The van der Waals surface area contributed by atoms with Crippen molar-refractivity contribution in [2.24, 2.45) is 34.0 Å². The summed E-state index contributed by atoms with van der Waals surface area (Å²) in [7, 11) is 0. The quantitative estimate of drug-likeness (QED) is 0.155. The number of carbonyl (C=O) groups is 2. The van der Waals surface area contributed by atoms with Gasteiger partial charge in [0.2, 0.25) is 0 Å². The van der Waals surface area contributed by atoms with Gasteiger partial charge in [-0.1, -0.05) is 67.1 Å². The smallest absolute Gasteiger partial charge is 0.435 e. The number of nitrogens with zero attached hydrogens (tertiary/aromatic N) is 1. The zero-order valence-corrected chi connectivity index (χ0v) is 22.3. The number of rotatable bonds is 10. The number of alkyl carbamates (subject to hydrolysis) is 1. The molecule has 0 bridgehead atoms. The first-order valence-electron chi connectivity index (χ1n) is 13.0. The third kappa shape index (κ3) is 10.5. The van der Waals surface area contributed by atoms with E-state index >= 15 is 0 Å². The summed E-state index contributed by atoms with van der Waals surface area (Å²) in [4.78, 5) is 27.6. The first-order valence-corrected chi connectivity index (χ1v) is 13.0. The topological polar surface area (TPSA) is 179 Å². The Morgan fingerprint density at radius 2 is 1.50 bits per heavy atom. The van der Waals surface area contributed by atoms with E-state index in [0.717, 1.165) is 30.4 Å². The number of amidine groups is 1. The van der Waals surface area contributed by atoms with E-state index in [1.54, 1.807) is 12.2 Å². The Morgan fingerprint density at radius 1 is 0.900 bits per heavy atom. The molecule has 0 aromatic heterocycles. The van der Waals surface area contributed by atoms with Crippen LogP contribution < -0.4 is 22.5 Å². The summed E-state index contributed by atoms with van der Waals surface area (Å²) < 4.78 is 10.3. The van der Waals surface area contributed by atoms with Crippen molar-refractivity contribution in [3.63, 3.8) is 0 Å². The highest BCUT2D eigenvalue weighted by molar-refractivity contribution is 6.04. The maximum absolute atomic E-state index is 12.0. The van der Waals surface area contributed by atoms with Crippen molar-refractivity contribution in [2.75, 3.05) is 0 Å². The first kappa shape index (κ1) is 29.7. The Kier molecular flexibility index (Phi) is 11.5. The van der Waals surface area contributed by atoms with E-state index in [0.29, 0.717) is 17.8 Å². The molecule has 2 amide bonds. The standard InChI is InChI=1S/C30H36N6O4.2H2/c31-25(14-16-27(33)35-29(37)39-19-21-8-3-1-4-9-21)23-12-7-13-24(18-23)26(32)15-17-28(34)36-30(38)40-20-22-10-5-2-6-11-22;;/h1-6,8-11,14-17,23-24,31H,7,12-13,18-20,32,34H2,(H,36,38)(H2,33,35,37);2*1H/b16-14-,26-15-,28-17+,31-25?;;/t23-,24+;;/m0../s1. The Labute approximate surface area is 237 Å². The number of benzene rings is 2. The summed E-state index contributed by atoms with van der Waals surface area (Å²) in [5, 5.41) is 10.9. The molecule has 1 fully saturated rings. The number of hydrogen-bond donors (Lipinski definition) is 5. The lowest BCUT2D eigenvalue weighted by Gasteiger charge is -2.29. The monoisotopic (exact) mass is 548 g/mol. The van der Waals surface area contributed by atoms with Crippen molar-refractivity contribution >= 4 is 23.7 Å². The maximum atomic E-state index is 12.0. The fourth-order valence-corrected chi connectivity index (χ4v) is 4.22. The molecule has 214 valence electrons. The molecule has 40 heavy (non-hydrogen) atoms. The predicted octanol–water partition coefficient (Wildman–Crippen LogP) is 5.12. The summed E-state index contributed by atoms with van der Waals surface area (Å²) in [6.45, 7) is 0.237. The maximum Gasteiger partial charge on any atom is 0.435 e. The number of nitrogens with two attached hydrogens (primary N) is 3. The molecule has 1 saturated carbocycles. The van der Waals surface area contributed by atoms with Crippen molar-refractivity contribution in [2.45, 2.75) is 38.9 Å². The van der Waals surface area contributed by atoms with E-state index in [2.05, 4.69) is 10.3 Å². The highest BCUT2D eigenvalue weighted by Crippen LogP contribution is 2.33. The minimum Gasteiger partial charge on any atom is -0.444 e. The zero-order valence-electron chi connectivity index (χ0n) is 22.3. The van der Waals surface area contributed by atoms with Crippen LogP contribution in [0.15, 0.2) is 101 Å². The van der Waals surface area contributed by atoms with Gasteiger partial charge in [0.25, 0.3) is 0 Å². The molecule has 0 saturated heterocycles. The number of aliphatic imine (C=N–C) groups is 1. The van der Waals surface area contributed by atoms with Crippen molar-refractivity contribution in [1.82, 2.24) is 5.32 Å². The molecule has 2 aromatic rings. The largest absolute Gasteiger partial charge is 0.444 e. The van der Waals surface area contributed by atoms with Gasteiger partial charge >= 0.3 is 12.2 Å². The summed E-state index contributed by atoms with van der Waals surface area (Å²) in [5.41, 5.74) is 20.7. The molecule has 1 aliphatic carbocycles. The molecule has 10 heteroatoms. The Hall–Kier alpha value is -4.86. The van der Waals surface area contributed by atoms with E-state index < -0.39 is 12.2 Å². The highest BCUT2D eigenvalue weighted by atomic mass is 16.6. The summed E-state index contributed by atoms with van der Waals surface area (Å²) in [6.07, 6.45) is 8.05. The van der Waals surface area contributed by atoms with Gasteiger partial charge < -0.3 is 32.1 Å². The van der Waals surface area contributed by atoms with Crippen molar-refractivity contribution in [3.8, 4) is 0 Å². The minimum absolute atomic E-state index is 0. The van der Waals surface area contributed by atoms with Crippen molar-refractivity contribution < 1.29 is 21.9 Å². The SMILES string of the molecule is N=C(/C=C\C(N)=N\C(=O)OCc1ccccc1)[C@H]1CCC[C@@H](/C(N)=C/C=C(\N)NC(=O)OCc2ccccc2)C1.[HH].[HH]. The Bertz CT molecular complexity index is 1280. The minimum atomic E-state index is -0.792. The Balaban J connectivity index is 0.00000441. The van der Waals surface area contributed by atoms with Gasteiger partial charge in [-0.2, -0.15) is 4.99 Å². The van der Waals surface area contributed by atoms with Gasteiger partial charge in [-0.3, -0.25) is 5.32 Å². The molecule has 10 nitrogen and oxygen atoms in total. The molecule has 0 heterocycles. The third-order valence-corrected chi connectivity index (χ3v) is 6.36. The normalized spacial score (nSPS) is 18.2. The van der Waals surface area contributed by atoms with Crippen LogP contribution in [0, 0.1) is 17.2 Å². The van der Waals surface area contributed by atoms with Crippen LogP contribution in [0.1, 0.15) is 39.7 Å². The Morgan fingerprint density at radius 3 is 2.15 bits per heavy atom. The summed E-state index contributed by atoms with van der Waals surface area (Å²) >= 11 is 0. The zero-order chi connectivity index (χ0) is 28.7. The van der Waals surface area contributed by atoms with E-state index in [1.807, 2.05) is 60.7 Å². The molecule has 8 N–H and O–H groups in total. The number of hydrogen-bond acceptors (Lipinski definition) is 7. The van der Waals surface area contributed by atoms with Crippen LogP contribution in [0.3, 0.4) is 0 Å². The third-order valence-electron chi connectivity index (χ3n) is 6.36. The fourth-order valence-electron chi connectivity index (χ4n) is 4.22. The first-order chi connectivity index (χ1) is 19.3. The van der Waals surface area contributed by atoms with Gasteiger partial charge in [0, 0.05) is 20.2 Å². The van der Waals surface area contributed by atoms with Gasteiger partial charge in [0.05, 0.1) is 0 Å². The molecule has 1 aliphatic rings. The van der Waals surface area contributed by atoms with E-state index in [9.17, 15) is 9.59 Å². The fraction of sp³-hybridized carbons (Fsp3) is 0.267. The molecular formula is C30H40N6O4. The second-order valence-electron chi connectivity index (χ2n) is 9.40. The van der Waals surface area contributed by atoms with Crippen LogP contribution in [0.4, 0.5) is 9.59 Å². The second kappa shape index (κ2) is 15.5. The number of carbonyl (C=O) groups excluding carboxylic acids is 2. The van der Waals surface area contributed by atoms with E-state index in [-0.39, 0.29) is 39.6 Å². The number of ether oxygens (including phenoxy) is 2. The molecule has 2 atom stereocenters. The molecule has 2 aromatic carbocycles.